The highest BCUT2D eigenvalue weighted by Crippen LogP contribution is 2.36. The summed E-state index contributed by atoms with van der Waals surface area (Å²) in [5, 5.41) is 3.47. The topological polar surface area (TPSA) is 61.9 Å². The number of fused-ring (bicyclic) bond motifs is 1. The van der Waals surface area contributed by atoms with E-state index >= 15 is 0 Å². The van der Waals surface area contributed by atoms with E-state index < -0.39 is 6.10 Å². The van der Waals surface area contributed by atoms with Crippen LogP contribution < -0.4 is 15.0 Å². The maximum Gasteiger partial charge on any atom is 0.267 e. The fraction of sp³-hybridized carbons (Fsp3) is 0.391. The number of ether oxygens (including phenoxy) is 1. The molecule has 2 heterocycles. The molecule has 7 heteroatoms. The third-order valence-corrected chi connectivity index (χ3v) is 5.87. The van der Waals surface area contributed by atoms with Gasteiger partial charge < -0.3 is 19.9 Å². The number of nitrogens with one attached hydrogen (secondary N) is 1. The van der Waals surface area contributed by atoms with Crippen molar-refractivity contribution in [3.05, 3.63) is 53.1 Å². The van der Waals surface area contributed by atoms with Gasteiger partial charge in [-0.1, -0.05) is 18.0 Å². The van der Waals surface area contributed by atoms with E-state index in [-0.39, 0.29) is 11.8 Å². The monoisotopic (exact) mass is 427 g/mol. The summed E-state index contributed by atoms with van der Waals surface area (Å²) in [6.45, 7) is 5.37. The van der Waals surface area contributed by atoms with E-state index in [2.05, 4.69) is 10.2 Å². The van der Waals surface area contributed by atoms with Crippen LogP contribution in [0.15, 0.2) is 42.5 Å². The third kappa shape index (κ3) is 4.60. The highest BCUT2D eigenvalue weighted by atomic mass is 35.5. The Bertz CT molecular complexity index is 926. The zero-order valence-electron chi connectivity index (χ0n) is 17.1. The van der Waals surface area contributed by atoms with Crippen molar-refractivity contribution >= 4 is 34.8 Å². The summed E-state index contributed by atoms with van der Waals surface area (Å²) in [6.07, 6.45) is 3.19. The number of rotatable bonds is 5. The Labute approximate surface area is 181 Å². The number of benzene rings is 2. The first kappa shape index (κ1) is 20.7. The van der Waals surface area contributed by atoms with Crippen LogP contribution in [0.5, 0.6) is 5.75 Å². The number of piperidine rings is 1. The van der Waals surface area contributed by atoms with Gasteiger partial charge in [-0.15, -0.1) is 0 Å². The first-order chi connectivity index (χ1) is 14.5. The maximum atomic E-state index is 12.8. The molecule has 1 atom stereocenters. The Morgan fingerprint density at radius 2 is 1.83 bits per heavy atom. The summed E-state index contributed by atoms with van der Waals surface area (Å²) in [5.41, 5.74) is 1.83. The van der Waals surface area contributed by atoms with Crippen LogP contribution >= 0.6 is 11.6 Å². The number of nitrogens with zero attached hydrogens (tertiary/aromatic N) is 2. The van der Waals surface area contributed by atoms with Gasteiger partial charge in [0.2, 0.25) is 0 Å². The van der Waals surface area contributed by atoms with E-state index in [0.29, 0.717) is 34.3 Å². The SMILES string of the molecule is CC1Oc2ccc(NC(=O)c3ccc(Cl)cc3)cc2N(CCN2CCCCC2)C1=O. The quantitative estimate of drug-likeness (QED) is 0.777. The van der Waals surface area contributed by atoms with Gasteiger partial charge in [0.15, 0.2) is 6.10 Å². The molecule has 2 aromatic rings. The minimum Gasteiger partial charge on any atom is -0.479 e. The fourth-order valence-corrected chi connectivity index (χ4v) is 4.07. The lowest BCUT2D eigenvalue weighted by Gasteiger charge is -2.35. The number of hydrogen-bond acceptors (Lipinski definition) is 4. The summed E-state index contributed by atoms with van der Waals surface area (Å²) >= 11 is 5.90. The largest absolute Gasteiger partial charge is 0.479 e. The van der Waals surface area contributed by atoms with Gasteiger partial charge in [-0.2, -0.15) is 0 Å². The molecule has 2 amide bonds. The summed E-state index contributed by atoms with van der Waals surface area (Å²) in [5.74, 6) is 0.369. The fourth-order valence-electron chi connectivity index (χ4n) is 3.94. The molecule has 158 valence electrons. The highest BCUT2D eigenvalue weighted by Gasteiger charge is 2.32. The number of amides is 2. The number of halogens is 1. The smallest absolute Gasteiger partial charge is 0.267 e. The zero-order chi connectivity index (χ0) is 21.1. The molecule has 6 nitrogen and oxygen atoms in total. The maximum absolute atomic E-state index is 12.8. The number of hydrogen-bond donors (Lipinski definition) is 1. The molecule has 1 N–H and O–H groups in total. The Balaban J connectivity index is 1.52. The summed E-state index contributed by atoms with van der Waals surface area (Å²) in [7, 11) is 0. The number of carbonyl (C=O) groups excluding carboxylic acids is 2. The van der Waals surface area contributed by atoms with Crippen LogP contribution in [0.3, 0.4) is 0 Å². The molecule has 0 aliphatic carbocycles. The van der Waals surface area contributed by atoms with E-state index in [9.17, 15) is 9.59 Å². The van der Waals surface area contributed by atoms with Gasteiger partial charge in [0.05, 0.1) is 5.69 Å². The minimum atomic E-state index is -0.520. The normalized spacial score (nSPS) is 19.2. The van der Waals surface area contributed by atoms with Gasteiger partial charge in [0.1, 0.15) is 5.75 Å². The zero-order valence-corrected chi connectivity index (χ0v) is 17.8. The molecule has 0 saturated carbocycles. The predicted molar refractivity (Wildman–Crippen MR) is 119 cm³/mol. The number of likely N-dealkylation sites (tertiary alicyclic amines) is 1. The van der Waals surface area contributed by atoms with Gasteiger partial charge in [-0.25, -0.2) is 0 Å². The third-order valence-electron chi connectivity index (χ3n) is 5.62. The Hall–Kier alpha value is -2.57. The first-order valence-corrected chi connectivity index (χ1v) is 10.8. The molecular weight excluding hydrogens is 402 g/mol. The van der Waals surface area contributed by atoms with E-state index in [0.717, 1.165) is 19.6 Å². The van der Waals surface area contributed by atoms with Crippen molar-refractivity contribution in [1.82, 2.24) is 4.90 Å². The Morgan fingerprint density at radius 1 is 1.10 bits per heavy atom. The van der Waals surface area contributed by atoms with Crippen molar-refractivity contribution in [2.75, 3.05) is 36.4 Å². The van der Waals surface area contributed by atoms with Crippen LogP contribution in [0, 0.1) is 0 Å². The molecule has 30 heavy (non-hydrogen) atoms. The number of anilines is 2. The van der Waals surface area contributed by atoms with Crippen molar-refractivity contribution in [1.29, 1.82) is 0 Å². The molecule has 2 aliphatic rings. The standard InChI is InChI=1S/C23H26ClN3O3/c1-16-23(29)27(14-13-26-11-3-2-4-12-26)20-15-19(9-10-21(20)30-16)25-22(28)17-5-7-18(24)8-6-17/h5-10,15-16H,2-4,11-14H2,1H3,(H,25,28). The van der Waals surface area contributed by atoms with E-state index in [4.69, 9.17) is 16.3 Å². The van der Waals surface area contributed by atoms with Gasteiger partial charge in [0, 0.05) is 29.4 Å². The molecular formula is C23H26ClN3O3. The summed E-state index contributed by atoms with van der Waals surface area (Å²) in [6, 6.07) is 12.1. The first-order valence-electron chi connectivity index (χ1n) is 10.4. The van der Waals surface area contributed by atoms with Gasteiger partial charge >= 0.3 is 0 Å². The molecule has 0 bridgehead atoms. The van der Waals surface area contributed by atoms with Crippen molar-refractivity contribution in [3.8, 4) is 5.75 Å². The van der Waals surface area contributed by atoms with Crippen LogP contribution in [0.1, 0.15) is 36.5 Å². The van der Waals surface area contributed by atoms with Gasteiger partial charge in [0.25, 0.3) is 11.8 Å². The van der Waals surface area contributed by atoms with Crippen molar-refractivity contribution in [2.24, 2.45) is 0 Å². The van der Waals surface area contributed by atoms with Gasteiger partial charge in [-0.3, -0.25) is 9.59 Å². The average molecular weight is 428 g/mol. The second-order valence-electron chi connectivity index (χ2n) is 7.80. The van der Waals surface area contributed by atoms with Crippen molar-refractivity contribution in [3.63, 3.8) is 0 Å². The average Bonchev–Trinajstić information content (AvgIpc) is 2.75. The molecule has 0 radical (unpaired) electrons. The molecule has 0 spiro atoms. The van der Waals surface area contributed by atoms with E-state index in [1.165, 1.54) is 19.3 Å². The molecule has 1 unspecified atom stereocenters. The Morgan fingerprint density at radius 3 is 2.57 bits per heavy atom. The lowest BCUT2D eigenvalue weighted by molar-refractivity contribution is -0.125. The van der Waals surface area contributed by atoms with Crippen molar-refractivity contribution < 1.29 is 14.3 Å². The minimum absolute atomic E-state index is 0.0549. The highest BCUT2D eigenvalue weighted by molar-refractivity contribution is 6.30. The molecule has 0 aromatic heterocycles. The number of carbonyl (C=O) groups is 2. The summed E-state index contributed by atoms with van der Waals surface area (Å²) in [4.78, 5) is 29.6. The second-order valence-corrected chi connectivity index (χ2v) is 8.23. The van der Waals surface area contributed by atoms with Gasteiger partial charge in [-0.05, 0) is 75.3 Å². The van der Waals surface area contributed by atoms with Crippen LogP contribution in [-0.4, -0.2) is 49.0 Å². The van der Waals surface area contributed by atoms with E-state index in [1.807, 2.05) is 12.1 Å². The lowest BCUT2D eigenvalue weighted by Crippen LogP contribution is -2.48. The molecule has 4 rings (SSSR count). The molecule has 1 fully saturated rings. The molecule has 1 saturated heterocycles. The Kier molecular flexibility index (Phi) is 6.25. The van der Waals surface area contributed by atoms with Crippen molar-refractivity contribution in [2.45, 2.75) is 32.3 Å². The lowest BCUT2D eigenvalue weighted by atomic mass is 10.1. The van der Waals surface area contributed by atoms with Crippen LogP contribution in [0.2, 0.25) is 5.02 Å². The predicted octanol–water partition coefficient (Wildman–Crippen LogP) is 4.19. The molecule has 2 aromatic carbocycles. The van der Waals surface area contributed by atoms with Crippen LogP contribution in [0.4, 0.5) is 11.4 Å². The second kappa shape index (κ2) is 9.06. The van der Waals surface area contributed by atoms with Crippen LogP contribution in [0.25, 0.3) is 0 Å². The van der Waals surface area contributed by atoms with E-state index in [1.54, 1.807) is 42.2 Å². The van der Waals surface area contributed by atoms with Crippen LogP contribution in [-0.2, 0) is 4.79 Å². The molecule has 2 aliphatic heterocycles. The summed E-state index contributed by atoms with van der Waals surface area (Å²) < 4.78 is 5.79.